The number of nitrogens with zero attached hydrogens (tertiary/aromatic N) is 2. The third kappa shape index (κ3) is 3.11. The highest BCUT2D eigenvalue weighted by Crippen LogP contribution is 2.26. The number of nitrogen functional groups attached to an aromatic ring is 1. The van der Waals surface area contributed by atoms with Crippen molar-refractivity contribution in [1.82, 2.24) is 4.98 Å². The molecule has 0 aliphatic carbocycles. The van der Waals surface area contributed by atoms with Gasteiger partial charge in [0.2, 0.25) is 0 Å². The molecular weight excluding hydrogens is 289 g/mol. The molecular formula is C11H9ClFN5O2. The summed E-state index contributed by atoms with van der Waals surface area (Å²) in [5, 5.41) is 13.7. The van der Waals surface area contributed by atoms with Crippen molar-refractivity contribution in [3.63, 3.8) is 0 Å². The van der Waals surface area contributed by atoms with Gasteiger partial charge in [-0.2, -0.15) is 0 Å². The van der Waals surface area contributed by atoms with Crippen LogP contribution in [0.4, 0.5) is 27.4 Å². The minimum Gasteiger partial charge on any atom is -0.338 e. The van der Waals surface area contributed by atoms with Crippen LogP contribution < -0.4 is 16.6 Å². The van der Waals surface area contributed by atoms with Crippen molar-refractivity contribution in [2.45, 2.75) is 0 Å². The van der Waals surface area contributed by atoms with Crippen LogP contribution in [0.3, 0.4) is 0 Å². The largest absolute Gasteiger partial charge is 0.338 e. The van der Waals surface area contributed by atoms with Crippen molar-refractivity contribution in [3.8, 4) is 0 Å². The molecule has 0 spiro atoms. The van der Waals surface area contributed by atoms with Gasteiger partial charge in [0, 0.05) is 5.02 Å². The molecule has 0 aliphatic heterocycles. The Labute approximate surface area is 117 Å². The van der Waals surface area contributed by atoms with E-state index in [1.807, 2.05) is 0 Å². The zero-order valence-corrected chi connectivity index (χ0v) is 10.7. The van der Waals surface area contributed by atoms with E-state index in [1.54, 1.807) is 0 Å². The number of hydrogen-bond acceptors (Lipinski definition) is 6. The third-order valence-corrected chi connectivity index (χ3v) is 2.60. The number of nitro groups is 1. The first-order chi connectivity index (χ1) is 9.49. The van der Waals surface area contributed by atoms with E-state index in [4.69, 9.17) is 17.4 Å². The zero-order valence-electron chi connectivity index (χ0n) is 9.93. The normalized spacial score (nSPS) is 10.2. The summed E-state index contributed by atoms with van der Waals surface area (Å²) in [6.45, 7) is 0. The maximum atomic E-state index is 13.6. The van der Waals surface area contributed by atoms with Crippen LogP contribution in [-0.2, 0) is 0 Å². The quantitative estimate of drug-likeness (QED) is 0.455. The molecule has 0 saturated heterocycles. The Morgan fingerprint density at radius 3 is 2.65 bits per heavy atom. The number of nitrogens with one attached hydrogen (secondary N) is 2. The average Bonchev–Trinajstić information content (AvgIpc) is 2.42. The van der Waals surface area contributed by atoms with Gasteiger partial charge in [-0.1, -0.05) is 11.6 Å². The molecule has 4 N–H and O–H groups in total. The third-order valence-electron chi connectivity index (χ3n) is 2.36. The Hall–Kier alpha value is -2.45. The summed E-state index contributed by atoms with van der Waals surface area (Å²) in [7, 11) is 0. The Kier molecular flexibility index (Phi) is 3.97. The number of pyridine rings is 1. The molecule has 104 valence electrons. The second-order valence-corrected chi connectivity index (χ2v) is 4.18. The highest BCUT2D eigenvalue weighted by molar-refractivity contribution is 6.30. The van der Waals surface area contributed by atoms with E-state index in [2.05, 4.69) is 15.7 Å². The number of anilines is 3. The molecule has 1 aromatic carbocycles. The lowest BCUT2D eigenvalue weighted by Crippen LogP contribution is -2.10. The molecule has 1 heterocycles. The summed E-state index contributed by atoms with van der Waals surface area (Å²) in [6.07, 6.45) is 0. The van der Waals surface area contributed by atoms with E-state index in [0.717, 1.165) is 12.1 Å². The minimum atomic E-state index is -0.609. The van der Waals surface area contributed by atoms with E-state index in [9.17, 15) is 14.5 Å². The molecule has 0 unspecified atom stereocenters. The van der Waals surface area contributed by atoms with Crippen LogP contribution in [0.1, 0.15) is 0 Å². The summed E-state index contributed by atoms with van der Waals surface area (Å²) in [5.41, 5.74) is 2.01. The fraction of sp³-hybridized carbons (Fsp3) is 0. The summed E-state index contributed by atoms with van der Waals surface area (Å²) in [5.74, 6) is 4.75. The summed E-state index contributed by atoms with van der Waals surface area (Å²) in [4.78, 5) is 14.1. The van der Waals surface area contributed by atoms with Crippen LogP contribution in [0.25, 0.3) is 0 Å². The second-order valence-electron chi connectivity index (χ2n) is 3.75. The Balaban J connectivity index is 2.39. The highest BCUT2D eigenvalue weighted by atomic mass is 35.5. The van der Waals surface area contributed by atoms with Crippen molar-refractivity contribution in [2.24, 2.45) is 5.84 Å². The van der Waals surface area contributed by atoms with Gasteiger partial charge < -0.3 is 10.7 Å². The first kappa shape index (κ1) is 14.0. The van der Waals surface area contributed by atoms with Gasteiger partial charge in [0.1, 0.15) is 17.5 Å². The Morgan fingerprint density at radius 2 is 2.00 bits per heavy atom. The highest BCUT2D eigenvalue weighted by Gasteiger charge is 2.12. The summed E-state index contributed by atoms with van der Waals surface area (Å²) in [6, 6.07) is 6.20. The van der Waals surface area contributed by atoms with Crippen LogP contribution in [0, 0.1) is 15.9 Å². The van der Waals surface area contributed by atoms with Crippen LogP contribution in [0.2, 0.25) is 5.02 Å². The van der Waals surface area contributed by atoms with Crippen LogP contribution >= 0.6 is 11.6 Å². The van der Waals surface area contributed by atoms with E-state index >= 15 is 0 Å². The number of aromatic nitrogens is 1. The average molecular weight is 298 g/mol. The molecule has 9 heteroatoms. The molecule has 0 atom stereocenters. The van der Waals surface area contributed by atoms with Crippen molar-refractivity contribution in [3.05, 3.63) is 51.3 Å². The number of nitrogens with two attached hydrogens (primary N) is 1. The standard InChI is InChI=1S/C11H9ClFN5O2/c12-6-1-2-8(13)9(3-6)15-10-4-7(18(19)20)5-11(16-10)17-14/h1-5H,14H2,(H2,15,16,17). The van der Waals surface area contributed by atoms with Crippen molar-refractivity contribution >= 4 is 34.6 Å². The van der Waals surface area contributed by atoms with Crippen LogP contribution in [0.5, 0.6) is 0 Å². The lowest BCUT2D eigenvalue weighted by molar-refractivity contribution is -0.384. The van der Waals surface area contributed by atoms with Gasteiger partial charge in [0.15, 0.2) is 0 Å². The zero-order chi connectivity index (χ0) is 14.7. The number of rotatable bonds is 4. The Morgan fingerprint density at radius 1 is 1.30 bits per heavy atom. The fourth-order valence-electron chi connectivity index (χ4n) is 1.49. The predicted octanol–water partition coefficient (Wildman–Crippen LogP) is 2.81. The molecule has 7 nitrogen and oxygen atoms in total. The van der Waals surface area contributed by atoms with Crippen molar-refractivity contribution in [2.75, 3.05) is 10.7 Å². The maximum Gasteiger partial charge on any atom is 0.276 e. The molecule has 1 aromatic heterocycles. The molecule has 0 fully saturated rings. The molecule has 0 aliphatic rings. The van der Waals surface area contributed by atoms with Crippen molar-refractivity contribution < 1.29 is 9.31 Å². The molecule has 2 rings (SSSR count). The first-order valence-electron chi connectivity index (χ1n) is 5.35. The molecule has 20 heavy (non-hydrogen) atoms. The number of hydrogen-bond donors (Lipinski definition) is 3. The van der Waals surface area contributed by atoms with Crippen LogP contribution in [0.15, 0.2) is 30.3 Å². The molecule has 0 amide bonds. The summed E-state index contributed by atoms with van der Waals surface area (Å²) < 4.78 is 13.6. The molecule has 2 aromatic rings. The van der Waals surface area contributed by atoms with Gasteiger partial charge in [-0.05, 0) is 18.2 Å². The van der Waals surface area contributed by atoms with E-state index < -0.39 is 10.7 Å². The topological polar surface area (TPSA) is 106 Å². The van der Waals surface area contributed by atoms with Crippen molar-refractivity contribution in [1.29, 1.82) is 0 Å². The van der Waals surface area contributed by atoms with Gasteiger partial charge in [-0.25, -0.2) is 15.2 Å². The fourth-order valence-corrected chi connectivity index (χ4v) is 1.66. The Bertz CT molecular complexity index is 667. The van der Waals surface area contributed by atoms with Gasteiger partial charge in [-0.3, -0.25) is 10.1 Å². The number of benzene rings is 1. The maximum absolute atomic E-state index is 13.6. The van der Waals surface area contributed by atoms with E-state index in [0.29, 0.717) is 5.02 Å². The van der Waals surface area contributed by atoms with Gasteiger partial charge in [-0.15, -0.1) is 0 Å². The minimum absolute atomic E-state index is 0.0495. The van der Waals surface area contributed by atoms with Gasteiger partial charge in [0.25, 0.3) is 5.69 Å². The second kappa shape index (κ2) is 5.68. The predicted molar refractivity (Wildman–Crippen MR) is 73.4 cm³/mol. The smallest absolute Gasteiger partial charge is 0.276 e. The number of halogens is 2. The summed E-state index contributed by atoms with van der Waals surface area (Å²) >= 11 is 5.76. The van der Waals surface area contributed by atoms with E-state index in [1.165, 1.54) is 18.2 Å². The van der Waals surface area contributed by atoms with Crippen LogP contribution in [-0.4, -0.2) is 9.91 Å². The van der Waals surface area contributed by atoms with Gasteiger partial charge >= 0.3 is 0 Å². The monoisotopic (exact) mass is 297 g/mol. The molecule has 0 bridgehead atoms. The first-order valence-corrected chi connectivity index (χ1v) is 5.72. The lowest BCUT2D eigenvalue weighted by atomic mass is 10.3. The molecule has 0 radical (unpaired) electrons. The SMILES string of the molecule is NNc1cc([N+](=O)[O-])cc(Nc2cc(Cl)ccc2F)n1. The lowest BCUT2D eigenvalue weighted by Gasteiger charge is -2.08. The van der Waals surface area contributed by atoms with E-state index in [-0.39, 0.29) is 23.0 Å². The molecule has 0 saturated carbocycles. The number of hydrazine groups is 1. The van der Waals surface area contributed by atoms with Gasteiger partial charge in [0.05, 0.1) is 22.7 Å².